The highest BCUT2D eigenvalue weighted by molar-refractivity contribution is 6.32. The zero-order chi connectivity index (χ0) is 21.0. The number of nitrogens with zero attached hydrogens (tertiary/aromatic N) is 2. The summed E-state index contributed by atoms with van der Waals surface area (Å²) >= 11 is 6.34. The fraction of sp³-hybridized carbons (Fsp3) is 0.348. The van der Waals surface area contributed by atoms with E-state index in [1.54, 1.807) is 18.2 Å². The number of aromatic nitrogens is 1. The molecule has 2 aliphatic rings. The van der Waals surface area contributed by atoms with E-state index in [-0.39, 0.29) is 11.7 Å². The summed E-state index contributed by atoms with van der Waals surface area (Å²) in [5, 5.41) is 0.617. The van der Waals surface area contributed by atoms with Crippen molar-refractivity contribution in [2.45, 2.75) is 38.7 Å². The highest BCUT2D eigenvalue weighted by atomic mass is 35.5. The fourth-order valence-electron chi connectivity index (χ4n) is 4.57. The van der Waals surface area contributed by atoms with E-state index in [1.165, 1.54) is 6.39 Å². The van der Waals surface area contributed by atoms with Crippen LogP contribution in [-0.2, 0) is 0 Å². The monoisotopic (exact) mass is 424 g/mol. The van der Waals surface area contributed by atoms with Gasteiger partial charge in [-0.15, -0.1) is 0 Å². The number of hydrogen-bond acceptors (Lipinski definition) is 5. The molecule has 1 saturated heterocycles. The van der Waals surface area contributed by atoms with Crippen LogP contribution in [0.1, 0.15) is 51.1 Å². The van der Waals surface area contributed by atoms with Crippen LogP contribution in [0.5, 0.6) is 5.75 Å². The van der Waals surface area contributed by atoms with Crippen molar-refractivity contribution < 1.29 is 18.7 Å². The Balaban J connectivity index is 1.35. The molecule has 5 rings (SSSR count). The lowest BCUT2D eigenvalue weighted by molar-refractivity contribution is -0.00580. The van der Waals surface area contributed by atoms with Crippen LogP contribution in [0.25, 0.3) is 11.1 Å². The van der Waals surface area contributed by atoms with Gasteiger partial charge < -0.3 is 14.1 Å². The minimum atomic E-state index is -0.566. The van der Waals surface area contributed by atoms with E-state index in [1.807, 2.05) is 24.8 Å². The molecular weight excluding hydrogens is 404 g/mol. The number of ether oxygens (including phenoxy) is 1. The molecule has 0 radical (unpaired) electrons. The van der Waals surface area contributed by atoms with E-state index < -0.39 is 5.60 Å². The van der Waals surface area contributed by atoms with Gasteiger partial charge in [-0.05, 0) is 49.2 Å². The first kappa shape index (κ1) is 19.1. The van der Waals surface area contributed by atoms with Crippen LogP contribution in [0.15, 0.2) is 35.1 Å². The molecule has 1 fully saturated rings. The Labute approximate surface area is 178 Å². The Kier molecular flexibility index (Phi) is 4.36. The number of Topliss-reactive ketones (excluding diaryl/α,β-unsaturated/α-hetero) is 1. The van der Waals surface area contributed by atoms with Gasteiger partial charge in [-0.2, -0.15) is 0 Å². The van der Waals surface area contributed by atoms with Crippen LogP contribution in [0.2, 0.25) is 5.02 Å². The standard InChI is InChI=1S/C23H21ClN2O4/c1-13-9-19-20(14(2)21(13)24)17(27)11-23(30-19)5-7-26(8-6-23)22(28)15-3-4-18-16(10-15)25-12-29-18/h3-4,9-10,12H,5-8,11H2,1-2H3. The average molecular weight is 425 g/mol. The first-order chi connectivity index (χ1) is 14.4. The van der Waals surface area contributed by atoms with Crippen molar-refractivity contribution in [3.63, 3.8) is 0 Å². The van der Waals surface area contributed by atoms with E-state index in [4.69, 9.17) is 20.8 Å². The lowest BCUT2D eigenvalue weighted by Gasteiger charge is -2.44. The molecule has 2 aliphatic heterocycles. The third-order valence-corrected chi connectivity index (χ3v) is 6.85. The second kappa shape index (κ2) is 6.84. The van der Waals surface area contributed by atoms with Crippen LogP contribution in [0, 0.1) is 13.8 Å². The highest BCUT2D eigenvalue weighted by Crippen LogP contribution is 2.43. The largest absolute Gasteiger partial charge is 0.486 e. The van der Waals surface area contributed by atoms with Gasteiger partial charge in [0.2, 0.25) is 0 Å². The van der Waals surface area contributed by atoms with Gasteiger partial charge in [-0.25, -0.2) is 4.98 Å². The van der Waals surface area contributed by atoms with E-state index in [0.717, 1.165) is 11.1 Å². The highest BCUT2D eigenvalue weighted by Gasteiger charge is 2.44. The summed E-state index contributed by atoms with van der Waals surface area (Å²) in [7, 11) is 0. The van der Waals surface area contributed by atoms with Crippen LogP contribution in [0.4, 0.5) is 0 Å². The van der Waals surface area contributed by atoms with Gasteiger partial charge >= 0.3 is 0 Å². The maximum atomic E-state index is 13.0. The number of carbonyl (C=O) groups excluding carboxylic acids is 2. The van der Waals surface area contributed by atoms with Gasteiger partial charge in [0.15, 0.2) is 17.8 Å². The third-order valence-electron chi connectivity index (χ3n) is 6.27. The van der Waals surface area contributed by atoms with Crippen LogP contribution in [0.3, 0.4) is 0 Å². The number of aryl methyl sites for hydroxylation is 1. The molecule has 0 saturated carbocycles. The van der Waals surface area contributed by atoms with Crippen LogP contribution >= 0.6 is 11.6 Å². The lowest BCUT2D eigenvalue weighted by atomic mass is 9.81. The van der Waals surface area contributed by atoms with Gasteiger partial charge in [0, 0.05) is 36.5 Å². The quantitative estimate of drug-likeness (QED) is 0.564. The van der Waals surface area contributed by atoms with E-state index in [0.29, 0.717) is 65.4 Å². The van der Waals surface area contributed by atoms with Crippen molar-refractivity contribution >= 4 is 34.4 Å². The fourth-order valence-corrected chi connectivity index (χ4v) is 4.72. The predicted octanol–water partition coefficient (Wildman–Crippen LogP) is 4.74. The molecule has 0 N–H and O–H groups in total. The molecule has 154 valence electrons. The molecule has 0 atom stereocenters. The van der Waals surface area contributed by atoms with E-state index in [9.17, 15) is 9.59 Å². The second-order valence-electron chi connectivity index (χ2n) is 8.22. The number of ketones is 1. The number of hydrogen-bond donors (Lipinski definition) is 0. The maximum Gasteiger partial charge on any atom is 0.253 e. The molecule has 7 heteroatoms. The van der Waals surface area contributed by atoms with Gasteiger partial charge in [0.05, 0.1) is 12.0 Å². The van der Waals surface area contributed by atoms with Gasteiger partial charge in [0.25, 0.3) is 5.91 Å². The van der Waals surface area contributed by atoms with E-state index >= 15 is 0 Å². The molecular formula is C23H21ClN2O4. The van der Waals surface area contributed by atoms with Gasteiger partial charge in [-0.3, -0.25) is 9.59 Å². The molecule has 3 heterocycles. The summed E-state index contributed by atoms with van der Waals surface area (Å²) in [6.45, 7) is 4.84. The molecule has 6 nitrogen and oxygen atoms in total. The number of carbonyl (C=O) groups is 2. The summed E-state index contributed by atoms with van der Waals surface area (Å²) in [6.07, 6.45) is 2.90. The van der Waals surface area contributed by atoms with Crippen molar-refractivity contribution in [2.75, 3.05) is 13.1 Å². The third kappa shape index (κ3) is 2.98. The van der Waals surface area contributed by atoms with Crippen molar-refractivity contribution in [3.8, 4) is 5.75 Å². The zero-order valence-corrected chi connectivity index (χ0v) is 17.6. The number of likely N-dealkylation sites (tertiary alicyclic amines) is 1. The van der Waals surface area contributed by atoms with Gasteiger partial charge in [-0.1, -0.05) is 11.6 Å². The molecule has 2 aromatic carbocycles. The molecule has 3 aromatic rings. The minimum Gasteiger partial charge on any atom is -0.486 e. The Bertz CT molecular complexity index is 1190. The Morgan fingerprint density at radius 2 is 1.97 bits per heavy atom. The molecule has 30 heavy (non-hydrogen) atoms. The zero-order valence-electron chi connectivity index (χ0n) is 16.8. The van der Waals surface area contributed by atoms with Crippen LogP contribution in [-0.4, -0.2) is 40.3 Å². The Morgan fingerprint density at radius 1 is 1.20 bits per heavy atom. The van der Waals surface area contributed by atoms with Crippen molar-refractivity contribution in [1.82, 2.24) is 9.88 Å². The average Bonchev–Trinajstić information content (AvgIpc) is 3.19. The molecule has 0 unspecified atom stereocenters. The number of rotatable bonds is 1. The van der Waals surface area contributed by atoms with Crippen molar-refractivity contribution in [3.05, 3.63) is 57.9 Å². The number of benzene rings is 2. The second-order valence-corrected chi connectivity index (χ2v) is 8.60. The lowest BCUT2D eigenvalue weighted by Crippen LogP contribution is -2.52. The first-order valence-corrected chi connectivity index (χ1v) is 10.4. The van der Waals surface area contributed by atoms with Crippen molar-refractivity contribution in [2.24, 2.45) is 0 Å². The molecule has 1 spiro atoms. The first-order valence-electron chi connectivity index (χ1n) is 10.0. The Morgan fingerprint density at radius 3 is 2.73 bits per heavy atom. The summed E-state index contributed by atoms with van der Waals surface area (Å²) in [4.78, 5) is 31.8. The summed E-state index contributed by atoms with van der Waals surface area (Å²) < 4.78 is 11.6. The smallest absolute Gasteiger partial charge is 0.253 e. The maximum absolute atomic E-state index is 13.0. The molecule has 0 aliphatic carbocycles. The summed E-state index contributed by atoms with van der Waals surface area (Å²) in [5.41, 5.74) is 3.61. The number of piperidine rings is 1. The summed E-state index contributed by atoms with van der Waals surface area (Å²) in [6, 6.07) is 7.12. The molecule has 0 bridgehead atoms. The number of halogens is 1. The van der Waals surface area contributed by atoms with Gasteiger partial charge in [0.1, 0.15) is 16.9 Å². The molecule has 1 aromatic heterocycles. The van der Waals surface area contributed by atoms with E-state index in [2.05, 4.69) is 4.98 Å². The number of amides is 1. The number of fused-ring (bicyclic) bond motifs is 2. The molecule has 1 amide bonds. The topological polar surface area (TPSA) is 72.6 Å². The number of oxazole rings is 1. The SMILES string of the molecule is Cc1cc2c(c(C)c1Cl)C(=O)CC1(CCN(C(=O)c3ccc4ocnc4c3)CC1)O2. The predicted molar refractivity (Wildman–Crippen MR) is 112 cm³/mol. The Hall–Kier alpha value is -2.86. The van der Waals surface area contributed by atoms with Crippen LogP contribution < -0.4 is 4.74 Å². The minimum absolute atomic E-state index is 0.0456. The summed E-state index contributed by atoms with van der Waals surface area (Å²) in [5.74, 6) is 0.629. The normalized spacial score (nSPS) is 17.8. The van der Waals surface area contributed by atoms with Crippen molar-refractivity contribution in [1.29, 1.82) is 0 Å².